The lowest BCUT2D eigenvalue weighted by Crippen LogP contribution is -2.30. The number of amides is 2. The molecule has 33 heavy (non-hydrogen) atoms. The number of hydrogen-bond donors (Lipinski definition) is 1. The zero-order valence-corrected chi connectivity index (χ0v) is 18.6. The number of nitrogens with one attached hydrogen (secondary N) is 1. The van der Waals surface area contributed by atoms with E-state index in [4.69, 9.17) is 0 Å². The standard InChI is InChI=1S/C26H22FN3O2S/c27-21-11-9-19(10-12-21)18-30(26(32)24-8-4-14-33-24)23-7-3-5-20(15-23)16-25(31)29-17-22-6-1-2-13-28-22/h1-15H,16-18H2,(H,29,31). The van der Waals surface area contributed by atoms with Crippen LogP contribution in [-0.4, -0.2) is 16.8 Å². The average molecular weight is 460 g/mol. The molecule has 0 aliphatic rings. The fourth-order valence-electron chi connectivity index (χ4n) is 3.36. The first kappa shape index (κ1) is 22.4. The predicted molar refractivity (Wildman–Crippen MR) is 127 cm³/mol. The molecular formula is C26H22FN3O2S. The largest absolute Gasteiger partial charge is 0.350 e. The van der Waals surface area contributed by atoms with Crippen molar-refractivity contribution in [2.45, 2.75) is 19.5 Å². The van der Waals surface area contributed by atoms with Gasteiger partial charge >= 0.3 is 0 Å². The van der Waals surface area contributed by atoms with Gasteiger partial charge in [-0.15, -0.1) is 11.3 Å². The van der Waals surface area contributed by atoms with Gasteiger partial charge < -0.3 is 10.2 Å². The van der Waals surface area contributed by atoms with Crippen LogP contribution in [0.25, 0.3) is 0 Å². The minimum absolute atomic E-state index is 0.132. The number of benzene rings is 2. The lowest BCUT2D eigenvalue weighted by atomic mass is 10.1. The van der Waals surface area contributed by atoms with Gasteiger partial charge in [0.15, 0.2) is 0 Å². The molecule has 0 atom stereocenters. The monoisotopic (exact) mass is 459 g/mol. The van der Waals surface area contributed by atoms with E-state index >= 15 is 0 Å². The molecule has 0 aliphatic carbocycles. The smallest absolute Gasteiger partial charge is 0.268 e. The molecule has 2 amide bonds. The van der Waals surface area contributed by atoms with Gasteiger partial charge in [0.2, 0.25) is 5.91 Å². The first-order chi connectivity index (χ1) is 16.1. The van der Waals surface area contributed by atoms with Gasteiger partial charge in [-0.2, -0.15) is 0 Å². The summed E-state index contributed by atoms with van der Waals surface area (Å²) >= 11 is 1.37. The Balaban J connectivity index is 1.51. The topological polar surface area (TPSA) is 62.3 Å². The lowest BCUT2D eigenvalue weighted by molar-refractivity contribution is -0.120. The molecule has 2 aromatic carbocycles. The molecule has 2 aromatic heterocycles. The second-order valence-corrected chi connectivity index (χ2v) is 8.39. The third kappa shape index (κ3) is 6.11. The van der Waals surface area contributed by atoms with Gasteiger partial charge in [-0.3, -0.25) is 14.6 Å². The second kappa shape index (κ2) is 10.7. The summed E-state index contributed by atoms with van der Waals surface area (Å²) in [5.74, 6) is -0.604. The van der Waals surface area contributed by atoms with E-state index in [2.05, 4.69) is 10.3 Å². The molecule has 0 aliphatic heterocycles. The Kier molecular flexibility index (Phi) is 7.22. The number of hydrogen-bond acceptors (Lipinski definition) is 4. The number of halogens is 1. The zero-order valence-electron chi connectivity index (χ0n) is 17.8. The number of thiophene rings is 1. The third-order valence-corrected chi connectivity index (χ3v) is 5.87. The molecule has 0 radical (unpaired) electrons. The highest BCUT2D eigenvalue weighted by molar-refractivity contribution is 7.12. The van der Waals surface area contributed by atoms with Crippen LogP contribution in [-0.2, 0) is 24.3 Å². The van der Waals surface area contributed by atoms with Crippen LogP contribution in [0.4, 0.5) is 10.1 Å². The minimum atomic E-state index is -0.325. The molecule has 1 N–H and O–H groups in total. The van der Waals surface area contributed by atoms with E-state index in [1.54, 1.807) is 29.3 Å². The van der Waals surface area contributed by atoms with Gasteiger partial charge in [-0.05, 0) is 59.0 Å². The van der Waals surface area contributed by atoms with Gasteiger partial charge in [-0.25, -0.2) is 4.39 Å². The van der Waals surface area contributed by atoms with Crippen LogP contribution in [0.5, 0.6) is 0 Å². The number of aromatic nitrogens is 1. The molecule has 166 valence electrons. The van der Waals surface area contributed by atoms with E-state index in [0.717, 1.165) is 16.8 Å². The third-order valence-electron chi connectivity index (χ3n) is 5.01. The fraction of sp³-hybridized carbons (Fsp3) is 0.115. The quantitative estimate of drug-likeness (QED) is 0.404. The van der Waals surface area contributed by atoms with Crippen molar-refractivity contribution in [1.29, 1.82) is 0 Å². The Bertz CT molecular complexity index is 1210. The summed E-state index contributed by atoms with van der Waals surface area (Å²) in [4.78, 5) is 32.2. The highest BCUT2D eigenvalue weighted by atomic mass is 32.1. The molecule has 0 bridgehead atoms. The minimum Gasteiger partial charge on any atom is -0.350 e. The average Bonchev–Trinajstić information content (AvgIpc) is 3.38. The number of nitrogens with zero attached hydrogens (tertiary/aromatic N) is 2. The van der Waals surface area contributed by atoms with E-state index in [1.807, 2.05) is 53.9 Å². The first-order valence-electron chi connectivity index (χ1n) is 10.4. The first-order valence-corrected chi connectivity index (χ1v) is 11.3. The van der Waals surface area contributed by atoms with Crippen LogP contribution in [0, 0.1) is 5.82 Å². The van der Waals surface area contributed by atoms with Crippen LogP contribution < -0.4 is 10.2 Å². The normalized spacial score (nSPS) is 10.6. The Hall–Kier alpha value is -3.84. The second-order valence-electron chi connectivity index (χ2n) is 7.44. The zero-order chi connectivity index (χ0) is 23.0. The highest BCUT2D eigenvalue weighted by Crippen LogP contribution is 2.24. The Morgan fingerprint density at radius 1 is 0.939 bits per heavy atom. The molecule has 0 fully saturated rings. The van der Waals surface area contributed by atoms with E-state index in [0.29, 0.717) is 17.1 Å². The molecule has 0 saturated heterocycles. The van der Waals surface area contributed by atoms with E-state index in [-0.39, 0.29) is 30.6 Å². The van der Waals surface area contributed by atoms with E-state index < -0.39 is 0 Å². The van der Waals surface area contributed by atoms with E-state index in [1.165, 1.54) is 23.5 Å². The molecule has 4 rings (SSSR count). The van der Waals surface area contributed by atoms with Gasteiger partial charge in [0.25, 0.3) is 5.91 Å². The Morgan fingerprint density at radius 3 is 2.52 bits per heavy atom. The number of anilines is 1. The summed E-state index contributed by atoms with van der Waals surface area (Å²) in [6.45, 7) is 0.638. The highest BCUT2D eigenvalue weighted by Gasteiger charge is 2.20. The van der Waals surface area contributed by atoms with Gasteiger partial charge in [0, 0.05) is 11.9 Å². The summed E-state index contributed by atoms with van der Waals surface area (Å²) < 4.78 is 13.4. The van der Waals surface area contributed by atoms with Gasteiger partial charge in [0.05, 0.1) is 30.1 Å². The summed E-state index contributed by atoms with van der Waals surface area (Å²) in [6.07, 6.45) is 1.86. The summed E-state index contributed by atoms with van der Waals surface area (Å²) in [6, 6.07) is 22.6. The summed E-state index contributed by atoms with van der Waals surface area (Å²) in [7, 11) is 0. The maximum absolute atomic E-state index is 13.4. The van der Waals surface area contributed by atoms with Crippen molar-refractivity contribution in [3.8, 4) is 0 Å². The number of pyridine rings is 1. The molecule has 7 heteroatoms. The van der Waals surface area contributed by atoms with Crippen molar-refractivity contribution in [3.63, 3.8) is 0 Å². The molecule has 2 heterocycles. The predicted octanol–water partition coefficient (Wildman–Crippen LogP) is 4.99. The molecule has 0 saturated carbocycles. The summed E-state index contributed by atoms with van der Waals surface area (Å²) in [5.41, 5.74) is 3.05. The van der Waals surface area contributed by atoms with Crippen LogP contribution in [0.1, 0.15) is 26.5 Å². The van der Waals surface area contributed by atoms with Crippen molar-refractivity contribution in [1.82, 2.24) is 10.3 Å². The van der Waals surface area contributed by atoms with Crippen LogP contribution in [0.2, 0.25) is 0 Å². The van der Waals surface area contributed by atoms with Crippen LogP contribution in [0.3, 0.4) is 0 Å². The van der Waals surface area contributed by atoms with Gasteiger partial charge in [-0.1, -0.05) is 36.4 Å². The maximum atomic E-state index is 13.4. The van der Waals surface area contributed by atoms with Crippen LogP contribution in [0.15, 0.2) is 90.4 Å². The fourth-order valence-corrected chi connectivity index (χ4v) is 4.03. The number of carbonyl (C=O) groups is 2. The molecule has 0 unspecified atom stereocenters. The van der Waals surface area contributed by atoms with Crippen molar-refractivity contribution in [2.75, 3.05) is 4.90 Å². The van der Waals surface area contributed by atoms with Crippen molar-refractivity contribution in [3.05, 3.63) is 118 Å². The molecule has 0 spiro atoms. The van der Waals surface area contributed by atoms with Crippen molar-refractivity contribution >= 4 is 28.8 Å². The van der Waals surface area contributed by atoms with Crippen molar-refractivity contribution < 1.29 is 14.0 Å². The van der Waals surface area contributed by atoms with E-state index in [9.17, 15) is 14.0 Å². The molecular weight excluding hydrogens is 437 g/mol. The maximum Gasteiger partial charge on any atom is 0.268 e. The summed E-state index contributed by atoms with van der Waals surface area (Å²) in [5, 5.41) is 4.72. The SMILES string of the molecule is O=C(Cc1cccc(N(Cc2ccc(F)cc2)C(=O)c2cccs2)c1)NCc1ccccn1. The van der Waals surface area contributed by atoms with Crippen molar-refractivity contribution in [2.24, 2.45) is 0 Å². The molecule has 4 aromatic rings. The Morgan fingerprint density at radius 2 is 1.79 bits per heavy atom. The van der Waals surface area contributed by atoms with Gasteiger partial charge in [0.1, 0.15) is 5.82 Å². The number of rotatable bonds is 8. The lowest BCUT2D eigenvalue weighted by Gasteiger charge is -2.23. The van der Waals surface area contributed by atoms with Crippen LogP contribution >= 0.6 is 11.3 Å². The molecule has 5 nitrogen and oxygen atoms in total. The Labute approximate surface area is 195 Å². The number of carbonyl (C=O) groups excluding carboxylic acids is 2.